The Morgan fingerprint density at radius 3 is 0.355 bits per heavy atom. The Hall–Kier alpha value is -1.76. The van der Waals surface area contributed by atoms with Crippen LogP contribution in [0.3, 0.4) is 0 Å². The van der Waals surface area contributed by atoms with Crippen LogP contribution in [0, 0.1) is 0 Å². The fourth-order valence-electron chi connectivity index (χ4n) is 20.5. The number of aryl methyl sites for hydroxylation is 2. The quantitative estimate of drug-likeness (QED) is 0.0600. The molecule has 0 fully saturated rings. The molecule has 0 unspecified atom stereocenters. The van der Waals surface area contributed by atoms with Crippen molar-refractivity contribution < 1.29 is 4.74 Å². The van der Waals surface area contributed by atoms with E-state index in [4.69, 9.17) is 4.74 Å². The number of unbranched alkanes of at least 4 members (excludes halogenated alkanes) is 90. The van der Waals surface area contributed by atoms with Crippen molar-refractivity contribution in [3.63, 3.8) is 0 Å². The first-order chi connectivity index (χ1) is 60.1. The van der Waals surface area contributed by atoms with E-state index in [9.17, 15) is 0 Å². The monoisotopic (exact) mass is 1680 g/mol. The van der Waals surface area contributed by atoms with Crippen LogP contribution in [0.1, 0.15) is 691 Å². The summed E-state index contributed by atoms with van der Waals surface area (Å²) in [4.78, 5) is 0. The lowest BCUT2D eigenvalue weighted by Crippen LogP contribution is -2.07. The lowest BCUT2D eigenvalue weighted by Gasteiger charge is -2.23. The van der Waals surface area contributed by atoms with Gasteiger partial charge in [0.2, 0.25) is 0 Å². The van der Waals surface area contributed by atoms with Gasteiger partial charge in [-0.3, -0.25) is 0 Å². The third-order valence-electron chi connectivity index (χ3n) is 28.9. The summed E-state index contributed by atoms with van der Waals surface area (Å²) in [7, 11) is 0. The molecule has 121 heavy (non-hydrogen) atoms. The first-order valence-corrected chi connectivity index (χ1v) is 58.1. The first kappa shape index (κ1) is 115. The zero-order chi connectivity index (χ0) is 86.3. The van der Waals surface area contributed by atoms with Gasteiger partial charge in [-0.25, -0.2) is 0 Å². The maximum Gasteiger partial charge on any atom is 0.130 e. The van der Waals surface area contributed by atoms with Gasteiger partial charge in [0.15, 0.2) is 0 Å². The van der Waals surface area contributed by atoms with E-state index < -0.39 is 0 Å². The van der Waals surface area contributed by atoms with Crippen LogP contribution in [0.25, 0.3) is 0 Å². The topological polar surface area (TPSA) is 9.23 Å². The molecule has 0 aliphatic rings. The van der Waals surface area contributed by atoms with Crippen molar-refractivity contribution in [1.29, 1.82) is 0 Å². The predicted molar refractivity (Wildman–Crippen MR) is 552 cm³/mol. The minimum absolute atomic E-state index is 1.19. The van der Waals surface area contributed by atoms with Crippen molar-refractivity contribution >= 4 is 0 Å². The summed E-state index contributed by atoms with van der Waals surface area (Å²) in [5, 5.41) is 0. The fraction of sp³-hybridized carbons (Fsp3) is 0.900. The number of hydrogen-bond acceptors (Lipinski definition) is 1. The third-order valence-corrected chi connectivity index (χ3v) is 28.9. The third kappa shape index (κ3) is 76.8. The molecule has 0 atom stereocenters. The molecule has 0 amide bonds. The van der Waals surface area contributed by atoms with Gasteiger partial charge in [-0.2, -0.15) is 0 Å². The first-order valence-electron chi connectivity index (χ1n) is 58.1. The van der Waals surface area contributed by atoms with E-state index in [2.05, 4.69) is 65.8 Å². The van der Waals surface area contributed by atoms with Gasteiger partial charge in [-0.15, -0.1) is 0 Å². The van der Waals surface area contributed by atoms with Crippen LogP contribution in [0.5, 0.6) is 11.5 Å². The van der Waals surface area contributed by atoms with Gasteiger partial charge < -0.3 is 4.74 Å². The average Bonchev–Trinajstić information content (AvgIpc) is 0.793. The number of hydrogen-bond donors (Lipinski definition) is 0. The van der Waals surface area contributed by atoms with Gasteiger partial charge in [0, 0.05) is 0 Å². The molecule has 0 N–H and O–H groups in total. The lowest BCUT2D eigenvalue weighted by molar-refractivity contribution is 0.461. The summed E-state index contributed by atoms with van der Waals surface area (Å²) in [6.07, 6.45) is 145. The van der Waals surface area contributed by atoms with Crippen LogP contribution in [0.2, 0.25) is 0 Å². The molecule has 0 saturated heterocycles. The Balaban J connectivity index is 2.54. The molecule has 0 radical (unpaired) electrons. The fourth-order valence-corrected chi connectivity index (χ4v) is 20.5. The van der Waals surface area contributed by atoms with E-state index in [1.165, 1.54) is 666 Å². The molecule has 0 aliphatic heterocycles. The van der Waals surface area contributed by atoms with E-state index in [0.717, 1.165) is 0 Å². The van der Waals surface area contributed by atoms with Crippen molar-refractivity contribution in [2.75, 3.05) is 0 Å². The largest absolute Gasteiger partial charge is 0.457 e. The summed E-state index contributed by atoms with van der Waals surface area (Å²) in [6.45, 7) is 14.1. The summed E-state index contributed by atoms with van der Waals surface area (Å²) in [6, 6.07) is 10.4. The van der Waals surface area contributed by atoms with Gasteiger partial charge in [-0.05, 0) is 123 Å². The van der Waals surface area contributed by atoms with Crippen molar-refractivity contribution in [3.05, 3.63) is 57.6 Å². The van der Waals surface area contributed by atoms with Crippen LogP contribution in [-0.4, -0.2) is 0 Å². The molecular formula is C120H226O. The Kier molecular flexibility index (Phi) is 92.7. The Bertz CT molecular complexity index is 2130. The predicted octanol–water partition coefficient (Wildman–Crippen LogP) is 44.3. The zero-order valence-corrected chi connectivity index (χ0v) is 84.8. The van der Waals surface area contributed by atoms with Gasteiger partial charge in [0.25, 0.3) is 0 Å². The lowest BCUT2D eigenvalue weighted by atomic mass is 9.88. The SMILES string of the molecule is CCCCCCCCCCCCCCCCCCc1ccc(Oc2ccc(CCCCCCCCCCCCCCCCCC)c(CCCCCCCCCCCCCCCCCC)c2CCCCCCCCCCCCCCCCCC)c(CCCCCCCCCCCCCCCCCC)c1CCCCCCCCCCCCCCCCCC. The van der Waals surface area contributed by atoms with E-state index >= 15 is 0 Å². The minimum atomic E-state index is 1.19. The molecule has 0 heterocycles. The molecule has 0 spiro atoms. The highest BCUT2D eigenvalue weighted by Crippen LogP contribution is 2.39. The summed E-state index contributed by atoms with van der Waals surface area (Å²) >= 11 is 0. The van der Waals surface area contributed by atoms with E-state index in [0.29, 0.717) is 0 Å². The smallest absolute Gasteiger partial charge is 0.130 e. The molecule has 0 aromatic heterocycles. The molecule has 1 nitrogen and oxygen atoms in total. The number of ether oxygens (including phenoxy) is 1. The van der Waals surface area contributed by atoms with Crippen molar-refractivity contribution in [3.8, 4) is 11.5 Å². The van der Waals surface area contributed by atoms with E-state index in [1.54, 1.807) is 33.4 Å². The van der Waals surface area contributed by atoms with Gasteiger partial charge in [0.05, 0.1) is 0 Å². The Morgan fingerprint density at radius 1 is 0.116 bits per heavy atom. The maximum atomic E-state index is 7.93. The molecule has 712 valence electrons. The Morgan fingerprint density at radius 2 is 0.223 bits per heavy atom. The number of rotatable bonds is 104. The highest BCUT2D eigenvalue weighted by molar-refractivity contribution is 5.52. The molecule has 0 bridgehead atoms. The van der Waals surface area contributed by atoms with Crippen molar-refractivity contribution in [2.24, 2.45) is 0 Å². The molecule has 2 aromatic carbocycles. The average molecular weight is 1690 g/mol. The van der Waals surface area contributed by atoms with E-state index in [1.807, 2.05) is 0 Å². The standard InChI is InChI=1S/C120H226O/c1-7-13-19-25-31-37-43-49-55-61-67-73-79-85-91-97-103-113-109-111-119(117(107-101-95-89-83-77-71-65-59-53-47-41-35-29-23-17-11-5)115(113)105-99-93-87-81-75-69-63-57-51-45-39-33-27-21-15-9-3)121-120-112-110-114(104-98-92-86-80-74-68-62-56-50-44-38-32-26-20-14-8-2)116(106-100-94-88-82-76-70-64-58-52-46-40-34-28-22-16-10-4)118(120)108-102-96-90-84-78-72-66-60-54-48-42-36-30-24-18-12-6/h109-112H,7-108H2,1-6H3. The van der Waals surface area contributed by atoms with Crippen molar-refractivity contribution in [2.45, 2.75) is 696 Å². The van der Waals surface area contributed by atoms with Crippen LogP contribution in [0.4, 0.5) is 0 Å². The normalized spacial score (nSPS) is 11.8. The van der Waals surface area contributed by atoms with Crippen LogP contribution >= 0.6 is 0 Å². The molecule has 2 aromatic rings. The molecule has 0 aliphatic carbocycles. The second-order valence-corrected chi connectivity index (χ2v) is 40.8. The Labute approximate surface area is 765 Å². The summed E-state index contributed by atoms with van der Waals surface area (Å²) in [5.74, 6) is 2.49. The zero-order valence-electron chi connectivity index (χ0n) is 84.8. The second kappa shape index (κ2) is 97.3. The van der Waals surface area contributed by atoms with Crippen LogP contribution in [-0.2, 0) is 38.5 Å². The highest BCUT2D eigenvalue weighted by Gasteiger charge is 2.21. The molecule has 1 heteroatoms. The van der Waals surface area contributed by atoms with Gasteiger partial charge in [0.1, 0.15) is 11.5 Å². The molecular weight excluding hydrogens is 1460 g/mol. The van der Waals surface area contributed by atoms with Crippen molar-refractivity contribution in [1.82, 2.24) is 0 Å². The highest BCUT2D eigenvalue weighted by atomic mass is 16.5. The molecule has 0 saturated carbocycles. The van der Waals surface area contributed by atoms with E-state index in [-0.39, 0.29) is 0 Å². The summed E-state index contributed by atoms with van der Waals surface area (Å²) < 4.78 is 7.93. The van der Waals surface area contributed by atoms with Gasteiger partial charge >= 0.3 is 0 Å². The van der Waals surface area contributed by atoms with Crippen LogP contribution in [0.15, 0.2) is 24.3 Å². The molecule has 2 rings (SSSR count). The minimum Gasteiger partial charge on any atom is -0.457 e. The van der Waals surface area contributed by atoms with Crippen LogP contribution < -0.4 is 4.74 Å². The summed E-state index contributed by atoms with van der Waals surface area (Å²) in [5.41, 5.74) is 10.1. The number of benzene rings is 2. The maximum absolute atomic E-state index is 7.93. The van der Waals surface area contributed by atoms with Gasteiger partial charge in [-0.1, -0.05) is 632 Å². The second-order valence-electron chi connectivity index (χ2n) is 40.8.